The summed E-state index contributed by atoms with van der Waals surface area (Å²) in [5.74, 6) is 0.220. The molecule has 1 fully saturated rings. The van der Waals surface area contributed by atoms with Crippen molar-refractivity contribution in [2.45, 2.75) is 12.5 Å². The van der Waals surface area contributed by atoms with Crippen molar-refractivity contribution in [1.29, 1.82) is 0 Å². The second-order valence-corrected chi connectivity index (χ2v) is 2.39. The number of hydrogen-bond acceptors (Lipinski definition) is 2. The van der Waals surface area contributed by atoms with Crippen LogP contribution < -0.4 is 5.32 Å². The molecule has 1 atom stereocenters. The third-order valence-electron chi connectivity index (χ3n) is 1.78. The quantitative estimate of drug-likeness (QED) is 0.513. The van der Waals surface area contributed by atoms with E-state index in [0.717, 1.165) is 13.0 Å². The van der Waals surface area contributed by atoms with Gasteiger partial charge in [-0.05, 0) is 13.5 Å². The third kappa shape index (κ3) is 1.05. The largest absolute Gasteiger partial charge is 0.344 e. The maximum atomic E-state index is 11.0. The number of hydrogen-bond donors (Lipinski definition) is 1. The van der Waals surface area contributed by atoms with Crippen molar-refractivity contribution < 1.29 is 4.79 Å². The summed E-state index contributed by atoms with van der Waals surface area (Å²) < 4.78 is 0. The van der Waals surface area contributed by atoms with E-state index in [1.807, 2.05) is 14.1 Å². The standard InChI is InChI=1S/C6H12N2O/c1-7-5-3-4-8(2)6(5)9/h5,7H,3-4H2,1-2H3/t5-/m0/s1. The van der Waals surface area contributed by atoms with E-state index >= 15 is 0 Å². The highest BCUT2D eigenvalue weighted by molar-refractivity contribution is 5.83. The molecule has 0 aromatic heterocycles. The van der Waals surface area contributed by atoms with Crippen LogP contribution in [0.25, 0.3) is 0 Å². The highest BCUT2D eigenvalue weighted by atomic mass is 16.2. The highest BCUT2D eigenvalue weighted by Crippen LogP contribution is 2.06. The van der Waals surface area contributed by atoms with E-state index in [1.165, 1.54) is 0 Å². The van der Waals surface area contributed by atoms with Crippen molar-refractivity contribution in [3.8, 4) is 0 Å². The second-order valence-electron chi connectivity index (χ2n) is 2.39. The molecule has 0 radical (unpaired) electrons. The van der Waals surface area contributed by atoms with Gasteiger partial charge in [0.05, 0.1) is 6.04 Å². The van der Waals surface area contributed by atoms with Gasteiger partial charge in [0, 0.05) is 13.6 Å². The average molecular weight is 128 g/mol. The van der Waals surface area contributed by atoms with E-state index in [1.54, 1.807) is 4.90 Å². The summed E-state index contributed by atoms with van der Waals surface area (Å²) in [6, 6.07) is 0.0787. The van der Waals surface area contributed by atoms with Crippen LogP contribution >= 0.6 is 0 Å². The van der Waals surface area contributed by atoms with Gasteiger partial charge in [0.15, 0.2) is 0 Å². The molecule has 0 saturated carbocycles. The zero-order valence-corrected chi connectivity index (χ0v) is 5.85. The van der Waals surface area contributed by atoms with Crippen LogP contribution in [0.4, 0.5) is 0 Å². The molecule has 9 heavy (non-hydrogen) atoms. The van der Waals surface area contributed by atoms with Gasteiger partial charge in [-0.2, -0.15) is 0 Å². The fourth-order valence-electron chi connectivity index (χ4n) is 1.09. The normalized spacial score (nSPS) is 27.6. The molecule has 52 valence electrons. The maximum Gasteiger partial charge on any atom is 0.239 e. The zero-order chi connectivity index (χ0) is 6.85. The van der Waals surface area contributed by atoms with Crippen molar-refractivity contribution in [3.05, 3.63) is 0 Å². The van der Waals surface area contributed by atoms with E-state index in [0.29, 0.717) is 0 Å². The van der Waals surface area contributed by atoms with Crippen LogP contribution in [-0.4, -0.2) is 37.5 Å². The lowest BCUT2D eigenvalue weighted by atomic mass is 10.3. The lowest BCUT2D eigenvalue weighted by Crippen LogP contribution is -2.34. The number of amides is 1. The monoisotopic (exact) mass is 128 g/mol. The first-order valence-electron chi connectivity index (χ1n) is 3.18. The Morgan fingerprint density at radius 3 is 2.67 bits per heavy atom. The molecule has 0 bridgehead atoms. The fraction of sp³-hybridized carbons (Fsp3) is 0.833. The van der Waals surface area contributed by atoms with Crippen molar-refractivity contribution in [2.24, 2.45) is 0 Å². The molecule has 1 aliphatic rings. The lowest BCUT2D eigenvalue weighted by molar-refractivity contribution is -0.128. The van der Waals surface area contributed by atoms with Crippen molar-refractivity contribution in [1.82, 2.24) is 10.2 Å². The van der Waals surface area contributed by atoms with E-state index in [9.17, 15) is 4.79 Å². The molecule has 0 spiro atoms. The van der Waals surface area contributed by atoms with Crippen molar-refractivity contribution in [2.75, 3.05) is 20.6 Å². The number of carbonyl (C=O) groups is 1. The Balaban J connectivity index is 2.51. The second kappa shape index (κ2) is 2.35. The van der Waals surface area contributed by atoms with E-state index in [4.69, 9.17) is 0 Å². The Kier molecular flexibility index (Phi) is 1.71. The number of likely N-dealkylation sites (N-methyl/N-ethyl adjacent to an activating group) is 2. The van der Waals surface area contributed by atoms with Crippen LogP contribution in [0.5, 0.6) is 0 Å². The SMILES string of the molecule is CN[C@H]1CCN(C)C1=O. The Labute approximate surface area is 55.0 Å². The summed E-state index contributed by atoms with van der Waals surface area (Å²) in [5, 5.41) is 2.95. The molecule has 0 aliphatic carbocycles. The first kappa shape index (κ1) is 6.55. The maximum absolute atomic E-state index is 11.0. The van der Waals surface area contributed by atoms with Crippen LogP contribution in [0, 0.1) is 0 Å². The van der Waals surface area contributed by atoms with Gasteiger partial charge in [-0.3, -0.25) is 4.79 Å². The molecule has 3 nitrogen and oxygen atoms in total. The first-order valence-corrected chi connectivity index (χ1v) is 3.18. The minimum atomic E-state index is 0.0787. The van der Waals surface area contributed by atoms with Gasteiger partial charge in [0.2, 0.25) is 5.91 Å². The molecule has 1 heterocycles. The van der Waals surface area contributed by atoms with Gasteiger partial charge in [-0.1, -0.05) is 0 Å². The van der Waals surface area contributed by atoms with E-state index < -0.39 is 0 Å². The molecule has 0 unspecified atom stereocenters. The summed E-state index contributed by atoms with van der Waals surface area (Å²) in [4.78, 5) is 12.8. The topological polar surface area (TPSA) is 32.3 Å². The minimum Gasteiger partial charge on any atom is -0.344 e. The molecule has 1 rings (SSSR count). The van der Waals surface area contributed by atoms with Gasteiger partial charge in [-0.15, -0.1) is 0 Å². The fourth-order valence-corrected chi connectivity index (χ4v) is 1.09. The number of likely N-dealkylation sites (tertiary alicyclic amines) is 1. The summed E-state index contributed by atoms with van der Waals surface area (Å²) in [7, 11) is 3.65. The predicted molar refractivity (Wildman–Crippen MR) is 35.1 cm³/mol. The third-order valence-corrected chi connectivity index (χ3v) is 1.78. The van der Waals surface area contributed by atoms with Gasteiger partial charge >= 0.3 is 0 Å². The van der Waals surface area contributed by atoms with Crippen LogP contribution in [0.1, 0.15) is 6.42 Å². The number of rotatable bonds is 1. The van der Waals surface area contributed by atoms with Crippen molar-refractivity contribution >= 4 is 5.91 Å². The number of nitrogens with one attached hydrogen (secondary N) is 1. The molecular formula is C6H12N2O. The summed E-state index contributed by atoms with van der Waals surface area (Å²) in [6.07, 6.45) is 0.950. The predicted octanol–water partition coefficient (Wildman–Crippen LogP) is -0.563. The minimum absolute atomic E-state index is 0.0787. The number of nitrogens with zero attached hydrogens (tertiary/aromatic N) is 1. The van der Waals surface area contributed by atoms with Gasteiger partial charge in [-0.25, -0.2) is 0 Å². The molecule has 1 aliphatic heterocycles. The molecule has 1 amide bonds. The molecule has 1 N–H and O–H groups in total. The zero-order valence-electron chi connectivity index (χ0n) is 5.85. The average Bonchev–Trinajstić information content (AvgIpc) is 2.15. The number of carbonyl (C=O) groups excluding carboxylic acids is 1. The van der Waals surface area contributed by atoms with E-state index in [2.05, 4.69) is 5.32 Å². The molecule has 0 aromatic rings. The lowest BCUT2D eigenvalue weighted by Gasteiger charge is -2.07. The Morgan fingerprint density at radius 2 is 2.44 bits per heavy atom. The molecule has 0 aromatic carbocycles. The van der Waals surface area contributed by atoms with Crippen LogP contribution in [0.3, 0.4) is 0 Å². The Hall–Kier alpha value is -0.570. The van der Waals surface area contributed by atoms with Crippen LogP contribution in [-0.2, 0) is 4.79 Å². The highest BCUT2D eigenvalue weighted by Gasteiger charge is 2.26. The smallest absolute Gasteiger partial charge is 0.239 e. The van der Waals surface area contributed by atoms with Gasteiger partial charge in [0.25, 0.3) is 0 Å². The summed E-state index contributed by atoms with van der Waals surface area (Å²) in [5.41, 5.74) is 0. The summed E-state index contributed by atoms with van der Waals surface area (Å²) >= 11 is 0. The Bertz CT molecular complexity index is 124. The van der Waals surface area contributed by atoms with Crippen LogP contribution in [0.15, 0.2) is 0 Å². The van der Waals surface area contributed by atoms with Gasteiger partial charge < -0.3 is 10.2 Å². The molecule has 1 saturated heterocycles. The first-order chi connectivity index (χ1) is 4.25. The molecular weight excluding hydrogens is 116 g/mol. The van der Waals surface area contributed by atoms with Crippen molar-refractivity contribution in [3.63, 3.8) is 0 Å². The van der Waals surface area contributed by atoms with Crippen LogP contribution in [0.2, 0.25) is 0 Å². The Morgan fingerprint density at radius 1 is 1.78 bits per heavy atom. The molecule has 3 heteroatoms. The van der Waals surface area contributed by atoms with E-state index in [-0.39, 0.29) is 11.9 Å². The van der Waals surface area contributed by atoms with Gasteiger partial charge in [0.1, 0.15) is 0 Å². The summed E-state index contributed by atoms with van der Waals surface area (Å²) in [6.45, 7) is 0.893.